The number of ether oxygens (including phenoxy) is 1. The number of halogens is 3. The van der Waals surface area contributed by atoms with Crippen molar-refractivity contribution < 1.29 is 22.7 Å². The van der Waals surface area contributed by atoms with Gasteiger partial charge < -0.3 is 15.8 Å². The lowest BCUT2D eigenvalue weighted by Gasteiger charge is -2.11. The molecule has 0 atom stereocenters. The lowest BCUT2D eigenvalue weighted by molar-refractivity contribution is -0.127. The molecule has 0 aromatic heterocycles. The van der Waals surface area contributed by atoms with Crippen LogP contribution in [0.25, 0.3) is 0 Å². The van der Waals surface area contributed by atoms with Crippen LogP contribution in [0.2, 0.25) is 0 Å². The van der Waals surface area contributed by atoms with Crippen LogP contribution in [0.5, 0.6) is 5.75 Å². The zero-order valence-corrected chi connectivity index (χ0v) is 12.8. The number of rotatable bonds is 7. The van der Waals surface area contributed by atoms with Crippen molar-refractivity contribution in [2.24, 2.45) is 5.73 Å². The van der Waals surface area contributed by atoms with Crippen LogP contribution < -0.4 is 15.8 Å². The van der Waals surface area contributed by atoms with Gasteiger partial charge in [0.25, 0.3) is 5.91 Å². The van der Waals surface area contributed by atoms with Gasteiger partial charge >= 0.3 is 6.18 Å². The van der Waals surface area contributed by atoms with Crippen LogP contribution in [0.15, 0.2) is 48.5 Å². The minimum atomic E-state index is -4.22. The number of nitrogens with two attached hydrogens (primary N) is 1. The number of amides is 1. The van der Waals surface area contributed by atoms with Crippen molar-refractivity contribution in [2.45, 2.75) is 19.1 Å². The SMILES string of the molecule is NC(=O)COc1ccc(CNc2cccc(CC(F)(F)F)c2)cc1. The highest BCUT2D eigenvalue weighted by atomic mass is 19.4. The van der Waals surface area contributed by atoms with E-state index in [2.05, 4.69) is 5.32 Å². The van der Waals surface area contributed by atoms with Crippen molar-refractivity contribution in [3.8, 4) is 5.75 Å². The maximum Gasteiger partial charge on any atom is 0.393 e. The Hall–Kier alpha value is -2.70. The zero-order valence-electron chi connectivity index (χ0n) is 12.8. The lowest BCUT2D eigenvalue weighted by Crippen LogP contribution is -2.19. The summed E-state index contributed by atoms with van der Waals surface area (Å²) in [4.78, 5) is 10.6. The van der Waals surface area contributed by atoms with Crippen LogP contribution >= 0.6 is 0 Å². The summed E-state index contributed by atoms with van der Waals surface area (Å²) >= 11 is 0. The first-order chi connectivity index (χ1) is 11.3. The van der Waals surface area contributed by atoms with E-state index in [9.17, 15) is 18.0 Å². The Morgan fingerprint density at radius 1 is 1.08 bits per heavy atom. The summed E-state index contributed by atoms with van der Waals surface area (Å²) in [6, 6.07) is 13.2. The molecule has 0 aliphatic carbocycles. The molecule has 2 rings (SSSR count). The molecule has 4 nitrogen and oxygen atoms in total. The average molecular weight is 338 g/mol. The van der Waals surface area contributed by atoms with Gasteiger partial charge in [0.1, 0.15) is 5.75 Å². The van der Waals surface area contributed by atoms with Crippen molar-refractivity contribution in [3.63, 3.8) is 0 Å². The van der Waals surface area contributed by atoms with Crippen LogP contribution in [-0.4, -0.2) is 18.7 Å². The normalized spacial score (nSPS) is 11.1. The Labute approximate surface area is 137 Å². The minimum Gasteiger partial charge on any atom is -0.484 e. The molecule has 128 valence electrons. The largest absolute Gasteiger partial charge is 0.484 e. The number of hydrogen-bond acceptors (Lipinski definition) is 3. The van der Waals surface area contributed by atoms with Crippen molar-refractivity contribution in [2.75, 3.05) is 11.9 Å². The number of hydrogen-bond donors (Lipinski definition) is 2. The van der Waals surface area contributed by atoms with E-state index in [1.807, 2.05) is 0 Å². The molecule has 0 saturated heterocycles. The predicted octanol–water partition coefficient (Wildman–Crippen LogP) is 3.27. The van der Waals surface area contributed by atoms with Crippen LogP contribution in [0, 0.1) is 0 Å². The van der Waals surface area contributed by atoms with Gasteiger partial charge in [0, 0.05) is 12.2 Å². The molecule has 7 heteroatoms. The summed E-state index contributed by atoms with van der Waals surface area (Å²) in [5, 5.41) is 3.07. The van der Waals surface area contributed by atoms with Gasteiger partial charge in [-0.2, -0.15) is 13.2 Å². The van der Waals surface area contributed by atoms with E-state index >= 15 is 0 Å². The van der Waals surface area contributed by atoms with Gasteiger partial charge in [0.15, 0.2) is 6.61 Å². The summed E-state index contributed by atoms with van der Waals surface area (Å²) in [5.41, 5.74) is 6.73. The summed E-state index contributed by atoms with van der Waals surface area (Å²) in [6.45, 7) is 0.259. The average Bonchev–Trinajstić information content (AvgIpc) is 2.50. The van der Waals surface area contributed by atoms with E-state index in [1.54, 1.807) is 36.4 Å². The summed E-state index contributed by atoms with van der Waals surface area (Å²) in [6.07, 6.45) is -5.17. The molecule has 0 aliphatic rings. The molecular weight excluding hydrogens is 321 g/mol. The summed E-state index contributed by atoms with van der Waals surface area (Å²) in [7, 11) is 0. The Morgan fingerprint density at radius 3 is 2.42 bits per heavy atom. The van der Waals surface area contributed by atoms with E-state index in [1.165, 1.54) is 12.1 Å². The third-order valence-electron chi connectivity index (χ3n) is 3.13. The van der Waals surface area contributed by atoms with Crippen molar-refractivity contribution in [3.05, 3.63) is 59.7 Å². The smallest absolute Gasteiger partial charge is 0.393 e. The third-order valence-corrected chi connectivity index (χ3v) is 3.13. The fourth-order valence-electron chi connectivity index (χ4n) is 2.08. The van der Waals surface area contributed by atoms with Crippen LogP contribution in [0.4, 0.5) is 18.9 Å². The first kappa shape index (κ1) is 17.7. The van der Waals surface area contributed by atoms with E-state index in [0.29, 0.717) is 18.0 Å². The van der Waals surface area contributed by atoms with E-state index < -0.39 is 18.5 Å². The van der Waals surface area contributed by atoms with Gasteiger partial charge in [-0.1, -0.05) is 24.3 Å². The third kappa shape index (κ3) is 6.20. The number of anilines is 1. The maximum atomic E-state index is 12.4. The number of alkyl halides is 3. The topological polar surface area (TPSA) is 64.4 Å². The van der Waals surface area contributed by atoms with Crippen molar-refractivity contribution in [1.82, 2.24) is 0 Å². The molecule has 1 amide bonds. The van der Waals surface area contributed by atoms with Crippen LogP contribution in [0.3, 0.4) is 0 Å². The Kier molecular flexibility index (Phi) is 5.68. The van der Waals surface area contributed by atoms with Gasteiger partial charge in [-0.15, -0.1) is 0 Å². The molecule has 0 spiro atoms. The molecule has 0 fully saturated rings. The molecule has 3 N–H and O–H groups in total. The molecule has 0 unspecified atom stereocenters. The number of benzene rings is 2. The van der Waals surface area contributed by atoms with Gasteiger partial charge in [-0.05, 0) is 35.4 Å². The van der Waals surface area contributed by atoms with Gasteiger partial charge in [0.2, 0.25) is 0 Å². The Bertz CT molecular complexity index is 685. The molecule has 0 saturated carbocycles. The highest BCUT2D eigenvalue weighted by Crippen LogP contribution is 2.23. The van der Waals surface area contributed by atoms with Crippen molar-refractivity contribution >= 4 is 11.6 Å². The zero-order chi connectivity index (χ0) is 17.6. The molecule has 0 bridgehead atoms. The van der Waals surface area contributed by atoms with E-state index in [4.69, 9.17) is 10.5 Å². The van der Waals surface area contributed by atoms with Gasteiger partial charge in [0.05, 0.1) is 6.42 Å². The molecule has 0 radical (unpaired) electrons. The van der Waals surface area contributed by atoms with Gasteiger partial charge in [-0.25, -0.2) is 0 Å². The number of nitrogens with one attached hydrogen (secondary N) is 1. The first-order valence-electron chi connectivity index (χ1n) is 7.21. The highest BCUT2D eigenvalue weighted by Gasteiger charge is 2.27. The second-order valence-corrected chi connectivity index (χ2v) is 5.24. The molecule has 2 aromatic rings. The number of carbonyl (C=O) groups excluding carboxylic acids is 1. The molecule has 0 heterocycles. The molecule has 2 aromatic carbocycles. The van der Waals surface area contributed by atoms with Gasteiger partial charge in [-0.3, -0.25) is 4.79 Å². The maximum absolute atomic E-state index is 12.4. The quantitative estimate of drug-likeness (QED) is 0.814. The van der Waals surface area contributed by atoms with Crippen molar-refractivity contribution in [1.29, 1.82) is 0 Å². The lowest BCUT2D eigenvalue weighted by atomic mass is 10.1. The molecule has 24 heavy (non-hydrogen) atoms. The number of carbonyl (C=O) groups is 1. The summed E-state index contributed by atoms with van der Waals surface area (Å²) < 4.78 is 42.4. The number of primary amides is 1. The van der Waals surface area contributed by atoms with E-state index in [-0.39, 0.29) is 12.2 Å². The first-order valence-corrected chi connectivity index (χ1v) is 7.21. The fourth-order valence-corrected chi connectivity index (χ4v) is 2.08. The second-order valence-electron chi connectivity index (χ2n) is 5.24. The van der Waals surface area contributed by atoms with Crippen LogP contribution in [0.1, 0.15) is 11.1 Å². The fraction of sp³-hybridized carbons (Fsp3) is 0.235. The summed E-state index contributed by atoms with van der Waals surface area (Å²) in [5.74, 6) is -0.0378. The standard InChI is InChI=1S/C17H17F3N2O2/c18-17(19,20)9-13-2-1-3-14(8-13)22-10-12-4-6-15(7-5-12)24-11-16(21)23/h1-8,22H,9-11H2,(H2,21,23). The highest BCUT2D eigenvalue weighted by molar-refractivity contribution is 5.75. The van der Waals surface area contributed by atoms with Crippen LogP contribution in [-0.2, 0) is 17.8 Å². The van der Waals surface area contributed by atoms with E-state index in [0.717, 1.165) is 5.56 Å². The monoisotopic (exact) mass is 338 g/mol. The molecular formula is C17H17F3N2O2. The second kappa shape index (κ2) is 7.72. The Morgan fingerprint density at radius 2 is 1.79 bits per heavy atom. The predicted molar refractivity (Wildman–Crippen MR) is 84.7 cm³/mol. The molecule has 0 aliphatic heterocycles. The Balaban J connectivity index is 1.91. The minimum absolute atomic E-state index is 0.191.